The summed E-state index contributed by atoms with van der Waals surface area (Å²) in [6.07, 6.45) is 2.99. The number of rotatable bonds is 3. The largest absolute Gasteiger partial charge is 0.354 e. The zero-order valence-corrected chi connectivity index (χ0v) is 11.7. The monoisotopic (exact) mass is 270 g/mol. The van der Waals surface area contributed by atoms with Gasteiger partial charge in [0.15, 0.2) is 0 Å². The Labute approximate surface area is 101 Å². The van der Waals surface area contributed by atoms with Gasteiger partial charge in [-0.3, -0.25) is 0 Å². The van der Waals surface area contributed by atoms with E-state index in [2.05, 4.69) is 59.7 Å². The molecule has 0 atom stereocenters. The van der Waals surface area contributed by atoms with Crippen LogP contribution < -0.4 is 4.90 Å². The SMILES string of the molecule is CCC(C)(C)N(C)c1ncc(C)cc1Br. The minimum Gasteiger partial charge on any atom is -0.354 e. The van der Waals surface area contributed by atoms with E-state index in [1.54, 1.807) is 0 Å². The Morgan fingerprint density at radius 3 is 2.53 bits per heavy atom. The highest BCUT2D eigenvalue weighted by Gasteiger charge is 2.23. The summed E-state index contributed by atoms with van der Waals surface area (Å²) in [7, 11) is 2.09. The van der Waals surface area contributed by atoms with Crippen LogP contribution in [0, 0.1) is 6.92 Å². The summed E-state index contributed by atoms with van der Waals surface area (Å²) in [6.45, 7) is 8.69. The zero-order valence-electron chi connectivity index (χ0n) is 10.1. The molecule has 0 amide bonds. The van der Waals surface area contributed by atoms with E-state index in [0.29, 0.717) is 0 Å². The van der Waals surface area contributed by atoms with Gasteiger partial charge in [0.25, 0.3) is 0 Å². The fourth-order valence-electron chi connectivity index (χ4n) is 1.30. The van der Waals surface area contributed by atoms with Crippen LogP contribution in [-0.2, 0) is 0 Å². The molecule has 1 aromatic rings. The molecule has 1 rings (SSSR count). The van der Waals surface area contributed by atoms with Crippen molar-refractivity contribution in [3.05, 3.63) is 22.3 Å². The number of pyridine rings is 1. The summed E-state index contributed by atoms with van der Waals surface area (Å²) < 4.78 is 1.06. The number of aryl methyl sites for hydroxylation is 1. The number of hydrogen-bond acceptors (Lipinski definition) is 2. The molecule has 0 unspecified atom stereocenters. The molecule has 0 bridgehead atoms. The summed E-state index contributed by atoms with van der Waals surface area (Å²) in [5.74, 6) is 1.01. The first-order valence-corrected chi connectivity index (χ1v) is 6.03. The van der Waals surface area contributed by atoms with E-state index in [0.717, 1.165) is 16.7 Å². The molecule has 84 valence electrons. The van der Waals surface area contributed by atoms with Crippen LogP contribution in [0.4, 0.5) is 5.82 Å². The third-order valence-electron chi connectivity index (χ3n) is 3.05. The number of hydrogen-bond donors (Lipinski definition) is 0. The average molecular weight is 271 g/mol. The van der Waals surface area contributed by atoms with E-state index >= 15 is 0 Å². The standard InChI is InChI=1S/C12H19BrN2/c1-6-12(3,4)15(5)11-10(13)7-9(2)8-14-11/h7-8H,6H2,1-5H3. The molecule has 2 nitrogen and oxygen atoms in total. The van der Waals surface area contributed by atoms with E-state index in [4.69, 9.17) is 0 Å². The Morgan fingerprint density at radius 2 is 2.07 bits per heavy atom. The van der Waals surface area contributed by atoms with Crippen molar-refractivity contribution in [1.82, 2.24) is 4.98 Å². The molecule has 0 aliphatic carbocycles. The molecule has 0 radical (unpaired) electrons. The van der Waals surface area contributed by atoms with Crippen molar-refractivity contribution >= 4 is 21.7 Å². The Balaban J connectivity index is 3.06. The van der Waals surface area contributed by atoms with Crippen molar-refractivity contribution in [2.24, 2.45) is 0 Å². The molecule has 1 heterocycles. The molecule has 3 heteroatoms. The van der Waals surface area contributed by atoms with Gasteiger partial charge in [-0.2, -0.15) is 0 Å². The quantitative estimate of drug-likeness (QED) is 0.831. The van der Waals surface area contributed by atoms with Crippen molar-refractivity contribution in [3.63, 3.8) is 0 Å². The molecule has 0 aromatic carbocycles. The first-order valence-electron chi connectivity index (χ1n) is 5.24. The predicted molar refractivity (Wildman–Crippen MR) is 69.4 cm³/mol. The van der Waals surface area contributed by atoms with Crippen LogP contribution in [0.25, 0.3) is 0 Å². The maximum atomic E-state index is 4.47. The highest BCUT2D eigenvalue weighted by molar-refractivity contribution is 9.10. The normalized spacial score (nSPS) is 11.6. The minimum absolute atomic E-state index is 0.130. The molecular formula is C12H19BrN2. The van der Waals surface area contributed by atoms with E-state index in [1.807, 2.05) is 13.1 Å². The van der Waals surface area contributed by atoms with Gasteiger partial charge in [-0.25, -0.2) is 4.98 Å². The van der Waals surface area contributed by atoms with Gasteiger partial charge in [-0.05, 0) is 54.8 Å². The molecule has 1 aromatic heterocycles. The lowest BCUT2D eigenvalue weighted by atomic mass is 10.00. The molecular weight excluding hydrogens is 252 g/mol. The summed E-state index contributed by atoms with van der Waals surface area (Å²) >= 11 is 3.57. The van der Waals surface area contributed by atoms with E-state index in [1.165, 1.54) is 5.56 Å². The van der Waals surface area contributed by atoms with Gasteiger partial charge in [-0.15, -0.1) is 0 Å². The van der Waals surface area contributed by atoms with Gasteiger partial charge in [0.1, 0.15) is 5.82 Å². The number of aromatic nitrogens is 1. The molecule has 0 saturated carbocycles. The molecule has 0 saturated heterocycles. The van der Waals surface area contributed by atoms with Gasteiger partial charge in [0.2, 0.25) is 0 Å². The maximum absolute atomic E-state index is 4.47. The van der Waals surface area contributed by atoms with Crippen LogP contribution in [0.3, 0.4) is 0 Å². The molecule has 0 N–H and O–H groups in total. The summed E-state index contributed by atoms with van der Waals surface area (Å²) in [5.41, 5.74) is 1.30. The maximum Gasteiger partial charge on any atom is 0.143 e. The third-order valence-corrected chi connectivity index (χ3v) is 3.63. The Hall–Kier alpha value is -0.570. The highest BCUT2D eigenvalue weighted by atomic mass is 79.9. The van der Waals surface area contributed by atoms with Crippen molar-refractivity contribution in [1.29, 1.82) is 0 Å². The van der Waals surface area contributed by atoms with Gasteiger partial charge in [-0.1, -0.05) is 6.92 Å². The summed E-state index contributed by atoms with van der Waals surface area (Å²) in [4.78, 5) is 6.69. The molecule has 0 aliphatic heterocycles. The van der Waals surface area contributed by atoms with Gasteiger partial charge < -0.3 is 4.90 Å². The van der Waals surface area contributed by atoms with Crippen LogP contribution >= 0.6 is 15.9 Å². The topological polar surface area (TPSA) is 16.1 Å². The predicted octanol–water partition coefficient (Wildman–Crippen LogP) is 3.78. The lowest BCUT2D eigenvalue weighted by molar-refractivity contribution is 0.466. The van der Waals surface area contributed by atoms with E-state index in [9.17, 15) is 0 Å². The van der Waals surface area contributed by atoms with Gasteiger partial charge in [0, 0.05) is 18.8 Å². The number of anilines is 1. The smallest absolute Gasteiger partial charge is 0.143 e. The van der Waals surface area contributed by atoms with Gasteiger partial charge in [0.05, 0.1) is 4.47 Å². The Morgan fingerprint density at radius 1 is 1.47 bits per heavy atom. The lowest BCUT2D eigenvalue weighted by Crippen LogP contribution is -2.41. The van der Waals surface area contributed by atoms with Crippen molar-refractivity contribution < 1.29 is 0 Å². The summed E-state index contributed by atoms with van der Waals surface area (Å²) in [5, 5.41) is 0. The lowest BCUT2D eigenvalue weighted by Gasteiger charge is -2.36. The fourth-order valence-corrected chi connectivity index (χ4v) is 2.03. The van der Waals surface area contributed by atoms with Crippen molar-refractivity contribution in [2.45, 2.75) is 39.7 Å². The second-order valence-corrected chi connectivity index (χ2v) is 5.40. The van der Waals surface area contributed by atoms with E-state index < -0.39 is 0 Å². The first-order chi connectivity index (χ1) is 6.88. The highest BCUT2D eigenvalue weighted by Crippen LogP contribution is 2.29. The number of nitrogens with zero attached hydrogens (tertiary/aromatic N) is 2. The fraction of sp³-hybridized carbons (Fsp3) is 0.583. The zero-order chi connectivity index (χ0) is 11.6. The third kappa shape index (κ3) is 2.71. The number of halogens is 1. The van der Waals surface area contributed by atoms with Crippen LogP contribution in [0.2, 0.25) is 0 Å². The van der Waals surface area contributed by atoms with Crippen LogP contribution in [-0.4, -0.2) is 17.6 Å². The first kappa shape index (κ1) is 12.5. The van der Waals surface area contributed by atoms with Crippen LogP contribution in [0.1, 0.15) is 32.8 Å². The molecule has 0 spiro atoms. The Kier molecular flexibility index (Phi) is 3.77. The van der Waals surface area contributed by atoms with Gasteiger partial charge >= 0.3 is 0 Å². The van der Waals surface area contributed by atoms with E-state index in [-0.39, 0.29) is 5.54 Å². The second kappa shape index (κ2) is 4.52. The van der Waals surface area contributed by atoms with Crippen LogP contribution in [0.5, 0.6) is 0 Å². The van der Waals surface area contributed by atoms with Crippen molar-refractivity contribution in [2.75, 3.05) is 11.9 Å². The molecule has 0 fully saturated rings. The Bertz CT molecular complexity index is 347. The molecule has 0 aliphatic rings. The molecule has 15 heavy (non-hydrogen) atoms. The van der Waals surface area contributed by atoms with Crippen LogP contribution in [0.15, 0.2) is 16.7 Å². The van der Waals surface area contributed by atoms with Crippen molar-refractivity contribution in [3.8, 4) is 0 Å². The average Bonchev–Trinajstić information content (AvgIpc) is 2.17. The second-order valence-electron chi connectivity index (χ2n) is 4.54. The minimum atomic E-state index is 0.130. The summed E-state index contributed by atoms with van der Waals surface area (Å²) in [6, 6.07) is 2.10.